The first-order chi connectivity index (χ1) is 10.2. The van der Waals surface area contributed by atoms with Crippen molar-refractivity contribution in [2.75, 3.05) is 26.1 Å². The molecule has 0 saturated carbocycles. The molecular formula is C16H17NO4. The number of carbonyl (C=O) groups excluding carboxylic acids is 1. The number of hydrogen-bond acceptors (Lipinski definition) is 5. The van der Waals surface area contributed by atoms with Gasteiger partial charge in [-0.1, -0.05) is 18.2 Å². The average molecular weight is 287 g/mol. The molecule has 0 fully saturated rings. The number of para-hydroxylation sites is 2. The number of hydrogen-bond donors (Lipinski definition) is 1. The lowest BCUT2D eigenvalue weighted by Crippen LogP contribution is -2.14. The largest absolute Gasteiger partial charge is 0.493 e. The minimum atomic E-state index is -0.328. The van der Waals surface area contributed by atoms with Gasteiger partial charge < -0.3 is 19.5 Å². The van der Waals surface area contributed by atoms with Crippen LogP contribution in [0.25, 0.3) is 0 Å². The van der Waals surface area contributed by atoms with Gasteiger partial charge in [-0.15, -0.1) is 0 Å². The van der Waals surface area contributed by atoms with Crippen molar-refractivity contribution in [1.29, 1.82) is 0 Å². The summed E-state index contributed by atoms with van der Waals surface area (Å²) in [6.07, 6.45) is 0. The van der Waals surface area contributed by atoms with Gasteiger partial charge in [0.1, 0.15) is 12.3 Å². The Bertz CT molecular complexity index is 613. The topological polar surface area (TPSA) is 56.8 Å². The van der Waals surface area contributed by atoms with E-state index in [0.717, 1.165) is 5.69 Å². The van der Waals surface area contributed by atoms with Gasteiger partial charge in [0, 0.05) is 11.8 Å². The second-order valence-corrected chi connectivity index (χ2v) is 4.21. The van der Waals surface area contributed by atoms with Gasteiger partial charge in [0.2, 0.25) is 0 Å². The minimum Gasteiger partial charge on any atom is -0.493 e. The van der Waals surface area contributed by atoms with Crippen molar-refractivity contribution in [3.63, 3.8) is 0 Å². The summed E-state index contributed by atoms with van der Waals surface area (Å²) < 4.78 is 15.6. The zero-order valence-corrected chi connectivity index (χ0v) is 12.0. The molecule has 0 spiro atoms. The van der Waals surface area contributed by atoms with Crippen molar-refractivity contribution in [3.05, 3.63) is 48.5 Å². The van der Waals surface area contributed by atoms with Crippen molar-refractivity contribution in [2.45, 2.75) is 0 Å². The predicted molar refractivity (Wildman–Crippen MR) is 80.0 cm³/mol. The second-order valence-electron chi connectivity index (χ2n) is 4.21. The number of anilines is 1. The van der Waals surface area contributed by atoms with Crippen molar-refractivity contribution in [2.24, 2.45) is 0 Å². The zero-order valence-electron chi connectivity index (χ0n) is 12.0. The Kier molecular flexibility index (Phi) is 5.04. The lowest BCUT2D eigenvalue weighted by Gasteiger charge is -2.11. The van der Waals surface area contributed by atoms with Crippen LogP contribution in [0.15, 0.2) is 48.5 Å². The first-order valence-corrected chi connectivity index (χ1v) is 6.44. The van der Waals surface area contributed by atoms with Gasteiger partial charge in [-0.05, 0) is 24.3 Å². The standard InChI is InChI=1S/C16H17NO4/c1-19-14-8-3-4-9-15(14)21-13-7-5-6-12(10-13)17-11-16(18)20-2/h3-10,17H,11H2,1-2H3. The van der Waals surface area contributed by atoms with Crippen LogP contribution in [-0.2, 0) is 9.53 Å². The number of ether oxygens (including phenoxy) is 3. The van der Waals surface area contributed by atoms with E-state index in [4.69, 9.17) is 9.47 Å². The van der Waals surface area contributed by atoms with Crippen molar-refractivity contribution < 1.29 is 19.0 Å². The Labute approximate surface area is 123 Å². The molecule has 0 heterocycles. The van der Waals surface area contributed by atoms with Crippen LogP contribution in [0.2, 0.25) is 0 Å². The number of esters is 1. The lowest BCUT2D eigenvalue weighted by atomic mass is 10.3. The van der Waals surface area contributed by atoms with Gasteiger partial charge in [-0.3, -0.25) is 4.79 Å². The number of benzene rings is 2. The smallest absolute Gasteiger partial charge is 0.325 e. The van der Waals surface area contributed by atoms with Crippen LogP contribution in [0.4, 0.5) is 5.69 Å². The van der Waals surface area contributed by atoms with E-state index in [0.29, 0.717) is 17.2 Å². The third kappa shape index (κ3) is 4.14. The average Bonchev–Trinajstić information content (AvgIpc) is 2.53. The molecule has 0 aliphatic carbocycles. The van der Waals surface area contributed by atoms with Crippen LogP contribution in [-0.4, -0.2) is 26.7 Å². The van der Waals surface area contributed by atoms with Crippen LogP contribution in [0, 0.1) is 0 Å². The van der Waals surface area contributed by atoms with E-state index in [-0.39, 0.29) is 12.5 Å². The van der Waals surface area contributed by atoms with E-state index in [1.165, 1.54) is 7.11 Å². The minimum absolute atomic E-state index is 0.106. The molecular weight excluding hydrogens is 270 g/mol. The molecule has 0 aromatic heterocycles. The van der Waals surface area contributed by atoms with Crippen LogP contribution in [0.3, 0.4) is 0 Å². The molecule has 0 aliphatic rings. The van der Waals surface area contributed by atoms with E-state index >= 15 is 0 Å². The first kappa shape index (κ1) is 14.7. The lowest BCUT2D eigenvalue weighted by molar-refractivity contribution is -0.138. The van der Waals surface area contributed by atoms with E-state index in [2.05, 4.69) is 10.1 Å². The molecule has 0 atom stereocenters. The zero-order chi connectivity index (χ0) is 15.1. The van der Waals surface area contributed by atoms with Gasteiger partial charge in [0.25, 0.3) is 0 Å². The summed E-state index contributed by atoms with van der Waals surface area (Å²) in [4.78, 5) is 11.1. The molecule has 0 amide bonds. The molecule has 2 rings (SSSR count). The summed E-state index contributed by atoms with van der Waals surface area (Å²) in [7, 11) is 2.95. The van der Waals surface area contributed by atoms with E-state index in [1.54, 1.807) is 13.2 Å². The number of rotatable bonds is 6. The Morgan fingerprint density at radius 1 is 1.05 bits per heavy atom. The van der Waals surface area contributed by atoms with Gasteiger partial charge >= 0.3 is 5.97 Å². The van der Waals surface area contributed by atoms with Crippen LogP contribution in [0.1, 0.15) is 0 Å². The van der Waals surface area contributed by atoms with Crippen molar-refractivity contribution in [1.82, 2.24) is 0 Å². The maximum atomic E-state index is 11.1. The summed E-state index contributed by atoms with van der Waals surface area (Å²) in [6.45, 7) is 0.106. The van der Waals surface area contributed by atoms with Gasteiger partial charge in [0.05, 0.1) is 14.2 Å². The third-order valence-corrected chi connectivity index (χ3v) is 2.80. The van der Waals surface area contributed by atoms with Crippen molar-refractivity contribution >= 4 is 11.7 Å². The molecule has 2 aromatic carbocycles. The Morgan fingerprint density at radius 3 is 2.52 bits per heavy atom. The van der Waals surface area contributed by atoms with Gasteiger partial charge in [0.15, 0.2) is 11.5 Å². The Balaban J connectivity index is 2.08. The molecule has 0 bridgehead atoms. The molecule has 0 aliphatic heterocycles. The molecule has 21 heavy (non-hydrogen) atoms. The first-order valence-electron chi connectivity index (χ1n) is 6.44. The van der Waals surface area contributed by atoms with Crippen LogP contribution >= 0.6 is 0 Å². The summed E-state index contributed by atoms with van der Waals surface area (Å²) in [5.74, 6) is 1.61. The molecule has 5 heteroatoms. The number of carbonyl (C=O) groups is 1. The molecule has 0 radical (unpaired) electrons. The fraction of sp³-hybridized carbons (Fsp3) is 0.188. The fourth-order valence-corrected chi connectivity index (χ4v) is 1.75. The van der Waals surface area contributed by atoms with E-state index < -0.39 is 0 Å². The summed E-state index contributed by atoms with van der Waals surface area (Å²) in [5.41, 5.74) is 0.771. The summed E-state index contributed by atoms with van der Waals surface area (Å²) in [6, 6.07) is 14.7. The second kappa shape index (κ2) is 7.19. The number of methoxy groups -OCH3 is 2. The Hall–Kier alpha value is -2.69. The maximum Gasteiger partial charge on any atom is 0.325 e. The monoisotopic (exact) mass is 287 g/mol. The maximum absolute atomic E-state index is 11.1. The highest BCUT2D eigenvalue weighted by Gasteiger charge is 2.05. The highest BCUT2D eigenvalue weighted by Crippen LogP contribution is 2.31. The normalized spacial score (nSPS) is 9.81. The fourth-order valence-electron chi connectivity index (χ4n) is 1.75. The van der Waals surface area contributed by atoms with Gasteiger partial charge in [-0.25, -0.2) is 0 Å². The predicted octanol–water partition coefficient (Wildman–Crippen LogP) is 3.07. The molecule has 110 valence electrons. The van der Waals surface area contributed by atoms with Gasteiger partial charge in [-0.2, -0.15) is 0 Å². The van der Waals surface area contributed by atoms with Crippen molar-refractivity contribution in [3.8, 4) is 17.2 Å². The molecule has 0 saturated heterocycles. The molecule has 1 N–H and O–H groups in total. The third-order valence-electron chi connectivity index (χ3n) is 2.80. The SMILES string of the molecule is COC(=O)CNc1cccc(Oc2ccccc2OC)c1. The van der Waals surface area contributed by atoms with Crippen LogP contribution < -0.4 is 14.8 Å². The highest BCUT2D eigenvalue weighted by atomic mass is 16.5. The molecule has 0 unspecified atom stereocenters. The van der Waals surface area contributed by atoms with E-state index in [1.807, 2.05) is 42.5 Å². The molecule has 5 nitrogen and oxygen atoms in total. The number of nitrogens with one attached hydrogen (secondary N) is 1. The Morgan fingerprint density at radius 2 is 1.81 bits per heavy atom. The molecule has 2 aromatic rings. The quantitative estimate of drug-likeness (QED) is 0.827. The summed E-state index contributed by atoms with van der Waals surface area (Å²) in [5, 5.41) is 2.96. The van der Waals surface area contributed by atoms with E-state index in [9.17, 15) is 4.79 Å². The highest BCUT2D eigenvalue weighted by molar-refractivity contribution is 5.74. The summed E-state index contributed by atoms with van der Waals surface area (Å²) >= 11 is 0. The van der Waals surface area contributed by atoms with Crippen LogP contribution in [0.5, 0.6) is 17.2 Å².